The fourth-order valence-corrected chi connectivity index (χ4v) is 3.79. The third kappa shape index (κ3) is 8.45. The van der Waals surface area contributed by atoms with Gasteiger partial charge < -0.3 is 45.3 Å². The molecule has 0 saturated heterocycles. The number of aromatic nitrogens is 2. The minimum absolute atomic E-state index is 0.261. The largest absolute Gasteiger partial charge is 0.493 e. The molecule has 4 rings (SSSR count). The number of hydrogen-bond donors (Lipinski definition) is 6. The highest BCUT2D eigenvalue weighted by Gasteiger charge is 2.29. The van der Waals surface area contributed by atoms with E-state index in [1.54, 1.807) is 61.7 Å². The van der Waals surface area contributed by atoms with Crippen molar-refractivity contribution in [1.82, 2.24) is 9.97 Å². The summed E-state index contributed by atoms with van der Waals surface area (Å²) in [5.74, 6) is -1.19. The number of carboxylic acids is 2. The average molecular weight is 617 g/mol. The predicted molar refractivity (Wildman–Crippen MR) is 160 cm³/mol. The number of nitriles is 2. The number of methoxy groups -OCH3 is 2. The Morgan fingerprint density at radius 1 is 0.867 bits per heavy atom. The van der Waals surface area contributed by atoms with Crippen LogP contribution in [0.3, 0.4) is 0 Å². The molecule has 15 nitrogen and oxygen atoms in total. The van der Waals surface area contributed by atoms with E-state index in [-0.39, 0.29) is 5.88 Å². The number of aliphatic hydroxyl groups is 2. The van der Waals surface area contributed by atoms with Gasteiger partial charge in [-0.3, -0.25) is 0 Å². The fourth-order valence-electron chi connectivity index (χ4n) is 3.79. The second-order valence-electron chi connectivity index (χ2n) is 8.92. The van der Waals surface area contributed by atoms with E-state index < -0.39 is 24.1 Å². The monoisotopic (exact) mass is 616 g/mol. The molecular formula is C30H28N6O9. The molecule has 1 aromatic heterocycles. The van der Waals surface area contributed by atoms with Crippen molar-refractivity contribution in [3.63, 3.8) is 0 Å². The number of nitrogens with zero attached hydrogens (tertiary/aromatic N) is 4. The Hall–Kier alpha value is -6.16. The number of nitrogens with one attached hydrogen (secondary N) is 2. The predicted octanol–water partition coefficient (Wildman–Crippen LogP) is 3.24. The molecule has 0 aliphatic carbocycles. The SMILES string of the molecule is CCNc1cc(Oc2c(OC)cc3cc(C#N)ccc3c2OC)nc(Nc2ccc(C#N)cc2)n1.O=C(O)C(O)C(O)C(=O)O. The molecule has 0 aliphatic heterocycles. The van der Waals surface area contributed by atoms with Crippen LogP contribution in [0.25, 0.3) is 10.8 Å². The smallest absolute Gasteiger partial charge is 0.335 e. The van der Waals surface area contributed by atoms with Crippen molar-refractivity contribution in [3.8, 4) is 35.3 Å². The first-order valence-corrected chi connectivity index (χ1v) is 13.0. The van der Waals surface area contributed by atoms with E-state index in [4.69, 9.17) is 39.9 Å². The van der Waals surface area contributed by atoms with Gasteiger partial charge in [-0.25, -0.2) is 9.59 Å². The van der Waals surface area contributed by atoms with Gasteiger partial charge in [0, 0.05) is 23.7 Å². The highest BCUT2D eigenvalue weighted by Crippen LogP contribution is 2.45. The van der Waals surface area contributed by atoms with Crippen LogP contribution in [0.5, 0.6) is 23.1 Å². The van der Waals surface area contributed by atoms with Gasteiger partial charge in [0.2, 0.25) is 17.6 Å². The molecule has 0 radical (unpaired) electrons. The normalized spacial score (nSPS) is 11.4. The Morgan fingerprint density at radius 2 is 1.49 bits per heavy atom. The number of aliphatic carboxylic acids is 2. The second kappa shape index (κ2) is 15.4. The molecule has 1 heterocycles. The number of hydrogen-bond acceptors (Lipinski definition) is 13. The van der Waals surface area contributed by atoms with Crippen molar-refractivity contribution in [2.75, 3.05) is 31.4 Å². The molecule has 45 heavy (non-hydrogen) atoms. The standard InChI is InChI=1S/C26H22N6O3.C4H6O6/c1-4-29-22-13-23(32-26(31-22)30-19-8-5-16(14-27)6-9-19)35-25-21(33-2)12-18-11-17(15-28)7-10-20(18)24(25)34-3;5-1(3(7)8)2(6)4(9)10/h5-13H,4H2,1-3H3,(H2,29,30,31,32);1-2,5-6H,(H,7,8)(H,9,10). The van der Waals surface area contributed by atoms with Crippen LogP contribution < -0.4 is 24.8 Å². The lowest BCUT2D eigenvalue weighted by Gasteiger charge is -2.17. The summed E-state index contributed by atoms with van der Waals surface area (Å²) in [5.41, 5.74) is 1.80. The molecular weight excluding hydrogens is 588 g/mol. The lowest BCUT2D eigenvalue weighted by Crippen LogP contribution is -2.39. The van der Waals surface area contributed by atoms with Crippen molar-refractivity contribution < 1.29 is 44.2 Å². The zero-order chi connectivity index (χ0) is 33.1. The maximum absolute atomic E-state index is 9.77. The molecule has 0 aliphatic rings. The first kappa shape index (κ1) is 33.3. The summed E-state index contributed by atoms with van der Waals surface area (Å²) in [5, 5.41) is 58.6. The number of benzene rings is 3. The average Bonchev–Trinajstić information content (AvgIpc) is 3.04. The maximum Gasteiger partial charge on any atom is 0.335 e. The quantitative estimate of drug-likeness (QED) is 0.142. The van der Waals surface area contributed by atoms with Crippen LogP contribution in [0, 0.1) is 22.7 Å². The molecule has 4 aromatic rings. The number of aliphatic hydroxyl groups excluding tert-OH is 2. The molecule has 232 valence electrons. The van der Waals surface area contributed by atoms with Crippen LogP contribution in [0.15, 0.2) is 54.6 Å². The van der Waals surface area contributed by atoms with Gasteiger partial charge in [0.05, 0.1) is 37.5 Å². The van der Waals surface area contributed by atoms with Crippen LogP contribution in [0.4, 0.5) is 17.5 Å². The summed E-state index contributed by atoms with van der Waals surface area (Å²) in [6.45, 7) is 2.61. The third-order valence-electron chi connectivity index (χ3n) is 5.91. The molecule has 3 aromatic carbocycles. The van der Waals surface area contributed by atoms with Gasteiger partial charge in [-0.05, 0) is 60.8 Å². The maximum atomic E-state index is 9.77. The van der Waals surface area contributed by atoms with Crippen LogP contribution in [0.1, 0.15) is 18.1 Å². The van der Waals surface area contributed by atoms with Crippen LogP contribution in [0.2, 0.25) is 0 Å². The van der Waals surface area contributed by atoms with Gasteiger partial charge in [-0.15, -0.1) is 0 Å². The number of anilines is 3. The van der Waals surface area contributed by atoms with Gasteiger partial charge in [0.1, 0.15) is 5.82 Å². The highest BCUT2D eigenvalue weighted by atomic mass is 16.5. The first-order chi connectivity index (χ1) is 21.5. The van der Waals surface area contributed by atoms with E-state index >= 15 is 0 Å². The van der Waals surface area contributed by atoms with E-state index in [9.17, 15) is 14.9 Å². The molecule has 2 unspecified atom stereocenters. The van der Waals surface area contributed by atoms with Gasteiger partial charge in [-0.1, -0.05) is 0 Å². The summed E-state index contributed by atoms with van der Waals surface area (Å²) < 4.78 is 17.5. The highest BCUT2D eigenvalue weighted by molar-refractivity contribution is 5.94. The number of carboxylic acid groups (broad SMARTS) is 2. The summed E-state index contributed by atoms with van der Waals surface area (Å²) in [6.07, 6.45) is -4.53. The molecule has 0 bridgehead atoms. The number of carbonyl (C=O) groups is 2. The van der Waals surface area contributed by atoms with Crippen molar-refractivity contribution in [2.24, 2.45) is 0 Å². The Bertz CT molecular complexity index is 1750. The number of ether oxygens (including phenoxy) is 3. The molecule has 0 amide bonds. The van der Waals surface area contributed by atoms with E-state index in [0.717, 1.165) is 16.5 Å². The van der Waals surface area contributed by atoms with E-state index in [1.807, 2.05) is 6.92 Å². The Balaban J connectivity index is 0.000000477. The summed E-state index contributed by atoms with van der Waals surface area (Å²) >= 11 is 0. The van der Waals surface area contributed by atoms with Gasteiger partial charge in [0.15, 0.2) is 23.7 Å². The van der Waals surface area contributed by atoms with Gasteiger partial charge in [0.25, 0.3) is 0 Å². The topological polar surface area (TPSA) is 240 Å². The summed E-state index contributed by atoms with van der Waals surface area (Å²) in [7, 11) is 3.07. The van der Waals surface area contributed by atoms with E-state index in [0.29, 0.717) is 46.7 Å². The minimum Gasteiger partial charge on any atom is -0.493 e. The Kier molecular flexibility index (Phi) is 11.4. The number of fused-ring (bicyclic) bond motifs is 1. The third-order valence-corrected chi connectivity index (χ3v) is 5.91. The molecule has 0 saturated carbocycles. The lowest BCUT2D eigenvalue weighted by molar-refractivity contribution is -0.165. The molecule has 15 heteroatoms. The van der Waals surface area contributed by atoms with Crippen LogP contribution >= 0.6 is 0 Å². The van der Waals surface area contributed by atoms with Gasteiger partial charge >= 0.3 is 11.9 Å². The van der Waals surface area contributed by atoms with Crippen molar-refractivity contribution in [1.29, 1.82) is 10.5 Å². The minimum atomic E-state index is -2.27. The lowest BCUT2D eigenvalue weighted by atomic mass is 10.1. The molecule has 2 atom stereocenters. The zero-order valence-electron chi connectivity index (χ0n) is 24.2. The van der Waals surface area contributed by atoms with Crippen LogP contribution in [-0.4, -0.2) is 75.3 Å². The number of rotatable bonds is 11. The fraction of sp³-hybridized carbons (Fsp3) is 0.200. The molecule has 6 N–H and O–H groups in total. The summed E-state index contributed by atoms with van der Waals surface area (Å²) in [4.78, 5) is 28.5. The Morgan fingerprint density at radius 3 is 2.02 bits per heavy atom. The zero-order valence-corrected chi connectivity index (χ0v) is 24.2. The van der Waals surface area contributed by atoms with Crippen molar-refractivity contribution >= 4 is 40.2 Å². The van der Waals surface area contributed by atoms with Crippen molar-refractivity contribution in [3.05, 3.63) is 65.7 Å². The van der Waals surface area contributed by atoms with Gasteiger partial charge in [-0.2, -0.15) is 20.5 Å². The van der Waals surface area contributed by atoms with E-state index in [1.165, 1.54) is 7.11 Å². The summed E-state index contributed by atoms with van der Waals surface area (Å²) in [6, 6.07) is 19.9. The molecule has 0 spiro atoms. The second-order valence-corrected chi connectivity index (χ2v) is 8.92. The molecule has 0 fully saturated rings. The van der Waals surface area contributed by atoms with Crippen molar-refractivity contribution in [2.45, 2.75) is 19.1 Å². The van der Waals surface area contributed by atoms with Crippen LogP contribution in [-0.2, 0) is 9.59 Å². The first-order valence-electron chi connectivity index (χ1n) is 13.0. The van der Waals surface area contributed by atoms with E-state index in [2.05, 4.69) is 32.7 Å². The Labute approximate surface area is 256 Å².